The van der Waals surface area contributed by atoms with Crippen LogP contribution in [-0.4, -0.2) is 47.7 Å². The van der Waals surface area contributed by atoms with E-state index in [0.717, 1.165) is 18.4 Å². The van der Waals surface area contributed by atoms with E-state index < -0.39 is 0 Å². The van der Waals surface area contributed by atoms with E-state index in [9.17, 15) is 9.59 Å². The molecule has 0 bridgehead atoms. The van der Waals surface area contributed by atoms with Gasteiger partial charge in [-0.3, -0.25) is 9.69 Å². The minimum Gasteiger partial charge on any atom is -0.454 e. The maximum atomic E-state index is 12.9. The maximum Gasteiger partial charge on any atom is 0.327 e. The van der Waals surface area contributed by atoms with E-state index in [4.69, 9.17) is 15.2 Å². The van der Waals surface area contributed by atoms with Crippen molar-refractivity contribution in [2.75, 3.05) is 19.9 Å². The van der Waals surface area contributed by atoms with Crippen LogP contribution >= 0.6 is 0 Å². The van der Waals surface area contributed by atoms with Gasteiger partial charge in [0.05, 0.1) is 6.54 Å². The lowest BCUT2D eigenvalue weighted by atomic mass is 10.1. The van der Waals surface area contributed by atoms with E-state index in [0.29, 0.717) is 36.9 Å². The Labute approximate surface area is 154 Å². The molecule has 1 aromatic rings. The van der Waals surface area contributed by atoms with Crippen LogP contribution < -0.4 is 15.2 Å². The van der Waals surface area contributed by atoms with E-state index in [-0.39, 0.29) is 31.3 Å². The predicted octanol–water partition coefficient (Wildman–Crippen LogP) is 2.33. The molecule has 7 nitrogen and oxygen atoms in total. The molecule has 2 N–H and O–H groups in total. The van der Waals surface area contributed by atoms with Gasteiger partial charge in [0.2, 0.25) is 6.79 Å². The van der Waals surface area contributed by atoms with Crippen molar-refractivity contribution < 1.29 is 19.1 Å². The second kappa shape index (κ2) is 7.95. The Morgan fingerprint density at radius 1 is 1.19 bits per heavy atom. The second-order valence-corrected chi connectivity index (χ2v) is 7.24. The fourth-order valence-electron chi connectivity index (χ4n) is 3.42. The second-order valence-electron chi connectivity index (χ2n) is 7.24. The molecule has 2 aliphatic heterocycles. The Bertz CT molecular complexity index is 677. The summed E-state index contributed by atoms with van der Waals surface area (Å²) in [5.74, 6) is 1.52. The van der Waals surface area contributed by atoms with E-state index in [1.807, 2.05) is 18.2 Å². The molecule has 0 spiro atoms. The van der Waals surface area contributed by atoms with E-state index in [1.165, 1.54) is 4.90 Å². The summed E-state index contributed by atoms with van der Waals surface area (Å²) in [6.07, 6.45) is 2.36. The van der Waals surface area contributed by atoms with Crippen LogP contribution in [0.1, 0.15) is 38.7 Å². The number of unbranched alkanes of at least 4 members (excludes halogenated alkanes) is 1. The Morgan fingerprint density at radius 3 is 2.69 bits per heavy atom. The topological polar surface area (TPSA) is 85.1 Å². The minimum absolute atomic E-state index is 0.120. The van der Waals surface area contributed by atoms with Crippen LogP contribution in [0.25, 0.3) is 0 Å². The first kappa shape index (κ1) is 18.5. The molecule has 7 heteroatoms. The first-order chi connectivity index (χ1) is 12.5. The number of ether oxygens (including phenoxy) is 2. The van der Waals surface area contributed by atoms with Crippen molar-refractivity contribution in [3.63, 3.8) is 0 Å². The van der Waals surface area contributed by atoms with Gasteiger partial charge in [-0.05, 0) is 49.4 Å². The molecule has 142 valence electrons. The molecule has 0 unspecified atom stereocenters. The summed E-state index contributed by atoms with van der Waals surface area (Å²) < 4.78 is 10.7. The van der Waals surface area contributed by atoms with Crippen molar-refractivity contribution in [1.82, 2.24) is 9.80 Å². The van der Waals surface area contributed by atoms with Gasteiger partial charge in [-0.2, -0.15) is 0 Å². The van der Waals surface area contributed by atoms with Crippen LogP contribution in [-0.2, 0) is 11.3 Å². The summed E-state index contributed by atoms with van der Waals surface area (Å²) in [6.45, 7) is 5.72. The molecule has 2 heterocycles. The lowest BCUT2D eigenvalue weighted by Gasteiger charge is -2.23. The third-order valence-electron chi connectivity index (χ3n) is 4.68. The molecule has 0 saturated carbocycles. The summed E-state index contributed by atoms with van der Waals surface area (Å²) in [5, 5.41) is 0. The fraction of sp³-hybridized carbons (Fsp3) is 0.579. The highest BCUT2D eigenvalue weighted by molar-refractivity contribution is 6.04. The van der Waals surface area contributed by atoms with Crippen LogP contribution in [0.2, 0.25) is 0 Å². The number of benzene rings is 1. The Kier molecular flexibility index (Phi) is 5.66. The van der Waals surface area contributed by atoms with Crippen LogP contribution in [0.5, 0.6) is 11.5 Å². The van der Waals surface area contributed by atoms with Gasteiger partial charge in [0, 0.05) is 6.54 Å². The molecule has 3 amide bonds. The zero-order valence-corrected chi connectivity index (χ0v) is 15.4. The van der Waals surface area contributed by atoms with E-state index in [2.05, 4.69) is 13.8 Å². The average Bonchev–Trinajstić information content (AvgIpc) is 3.15. The number of rotatable bonds is 8. The van der Waals surface area contributed by atoms with Crippen LogP contribution in [0.4, 0.5) is 4.79 Å². The van der Waals surface area contributed by atoms with Gasteiger partial charge in [0.25, 0.3) is 5.91 Å². The van der Waals surface area contributed by atoms with Gasteiger partial charge in [-0.15, -0.1) is 0 Å². The summed E-state index contributed by atoms with van der Waals surface area (Å²) >= 11 is 0. The number of imide groups is 1. The van der Waals surface area contributed by atoms with Crippen molar-refractivity contribution in [2.24, 2.45) is 11.7 Å². The number of nitrogens with zero attached hydrogens (tertiary/aromatic N) is 2. The molecule has 26 heavy (non-hydrogen) atoms. The number of carbonyl (C=O) groups is 2. The first-order valence-electron chi connectivity index (χ1n) is 9.22. The van der Waals surface area contributed by atoms with Gasteiger partial charge < -0.3 is 20.1 Å². The van der Waals surface area contributed by atoms with Crippen molar-refractivity contribution >= 4 is 11.9 Å². The maximum absolute atomic E-state index is 12.9. The minimum atomic E-state index is -0.384. The highest BCUT2D eigenvalue weighted by Crippen LogP contribution is 2.33. The molecular formula is C19H27N3O4. The Morgan fingerprint density at radius 2 is 1.96 bits per heavy atom. The van der Waals surface area contributed by atoms with Crippen molar-refractivity contribution in [3.05, 3.63) is 23.8 Å². The third kappa shape index (κ3) is 3.77. The summed E-state index contributed by atoms with van der Waals surface area (Å²) in [7, 11) is 0. The number of hydrogen-bond donors (Lipinski definition) is 1. The molecule has 2 aliphatic rings. The highest BCUT2D eigenvalue weighted by atomic mass is 16.7. The smallest absolute Gasteiger partial charge is 0.327 e. The molecule has 0 aliphatic carbocycles. The number of fused-ring (bicyclic) bond motifs is 1. The number of urea groups is 1. The molecule has 3 rings (SSSR count). The van der Waals surface area contributed by atoms with Crippen molar-refractivity contribution in [2.45, 2.75) is 45.7 Å². The van der Waals surface area contributed by atoms with Gasteiger partial charge in [-0.1, -0.05) is 19.9 Å². The lowest BCUT2D eigenvalue weighted by molar-refractivity contribution is -0.128. The molecule has 0 aromatic heterocycles. The standard InChI is InChI=1S/C19H27N3O4/c1-13(2)10-21-15(5-3-4-8-20)18(23)22(19(21)24)11-14-6-7-16-17(9-14)26-12-25-16/h6-7,9,13,15H,3-5,8,10-12,20H2,1-2H3/t15-/m0/s1. The summed E-state index contributed by atoms with van der Waals surface area (Å²) in [6, 6.07) is 4.91. The molecular weight excluding hydrogens is 334 g/mol. The Balaban J connectivity index is 1.75. The SMILES string of the molecule is CC(C)CN1C(=O)N(Cc2ccc3c(c2)OCO3)C(=O)[C@@H]1CCCCN. The van der Waals surface area contributed by atoms with Crippen LogP contribution in [0, 0.1) is 5.92 Å². The van der Waals surface area contributed by atoms with Crippen molar-refractivity contribution in [1.29, 1.82) is 0 Å². The quantitative estimate of drug-likeness (QED) is 0.567. The Hall–Kier alpha value is -2.28. The molecule has 1 aromatic carbocycles. The zero-order valence-electron chi connectivity index (χ0n) is 15.4. The van der Waals surface area contributed by atoms with Gasteiger partial charge >= 0.3 is 6.03 Å². The monoisotopic (exact) mass is 361 g/mol. The highest BCUT2D eigenvalue weighted by Gasteiger charge is 2.44. The lowest BCUT2D eigenvalue weighted by Crippen LogP contribution is -2.38. The fourth-order valence-corrected chi connectivity index (χ4v) is 3.42. The van der Waals surface area contributed by atoms with Crippen molar-refractivity contribution in [3.8, 4) is 11.5 Å². The number of hydrogen-bond acceptors (Lipinski definition) is 5. The average molecular weight is 361 g/mol. The van der Waals surface area contributed by atoms with Gasteiger partial charge in [0.15, 0.2) is 11.5 Å². The van der Waals surface area contributed by atoms with Crippen LogP contribution in [0.3, 0.4) is 0 Å². The van der Waals surface area contributed by atoms with Crippen LogP contribution in [0.15, 0.2) is 18.2 Å². The zero-order chi connectivity index (χ0) is 18.7. The molecule has 1 saturated heterocycles. The van der Waals surface area contributed by atoms with E-state index in [1.54, 1.807) is 4.90 Å². The summed E-state index contributed by atoms with van der Waals surface area (Å²) in [4.78, 5) is 28.9. The molecule has 1 fully saturated rings. The molecule has 1 atom stereocenters. The third-order valence-corrected chi connectivity index (χ3v) is 4.68. The number of amides is 3. The van der Waals surface area contributed by atoms with E-state index >= 15 is 0 Å². The summed E-state index contributed by atoms with van der Waals surface area (Å²) in [5.41, 5.74) is 6.42. The number of carbonyl (C=O) groups excluding carboxylic acids is 2. The molecule has 0 radical (unpaired) electrons. The van der Waals surface area contributed by atoms with Gasteiger partial charge in [-0.25, -0.2) is 4.79 Å². The normalized spacial score (nSPS) is 19.2. The predicted molar refractivity (Wildman–Crippen MR) is 96.7 cm³/mol. The largest absolute Gasteiger partial charge is 0.454 e. The first-order valence-corrected chi connectivity index (χ1v) is 9.22. The van der Waals surface area contributed by atoms with Gasteiger partial charge in [0.1, 0.15) is 6.04 Å². The number of nitrogens with two attached hydrogens (primary N) is 1.